The molecule has 0 aromatic heterocycles. The summed E-state index contributed by atoms with van der Waals surface area (Å²) in [7, 11) is 0. The van der Waals surface area contributed by atoms with Crippen molar-refractivity contribution in [3.8, 4) is 11.1 Å². The Bertz CT molecular complexity index is 1000. The first-order valence-electron chi connectivity index (χ1n) is 14.1. The van der Waals surface area contributed by atoms with Gasteiger partial charge in [0.2, 0.25) is 0 Å². The van der Waals surface area contributed by atoms with E-state index in [9.17, 15) is 4.39 Å². The number of ether oxygens (including phenoxy) is 1. The van der Waals surface area contributed by atoms with Gasteiger partial charge in [0.05, 0.1) is 18.5 Å². The highest BCUT2D eigenvalue weighted by molar-refractivity contribution is 5.65. The SMILES string of the molecule is CCCCC1CCC(COC2CCC(c3ccc(-c4ccc(CCC)cc4)c(F)c3F)CC2)C=C1F. The summed E-state index contributed by atoms with van der Waals surface area (Å²) < 4.78 is 50.7. The molecule has 0 aliphatic heterocycles. The lowest BCUT2D eigenvalue weighted by Gasteiger charge is -2.31. The highest BCUT2D eigenvalue weighted by Gasteiger charge is 2.28. The third kappa shape index (κ3) is 6.62. The van der Waals surface area contributed by atoms with E-state index >= 15 is 8.78 Å². The Morgan fingerprint density at radius 2 is 1.56 bits per heavy atom. The summed E-state index contributed by atoms with van der Waals surface area (Å²) in [4.78, 5) is 0. The summed E-state index contributed by atoms with van der Waals surface area (Å²) in [5, 5.41) is 0. The third-order valence-electron chi connectivity index (χ3n) is 8.15. The molecule has 0 spiro atoms. The van der Waals surface area contributed by atoms with E-state index in [-0.39, 0.29) is 29.7 Å². The van der Waals surface area contributed by atoms with Crippen LogP contribution in [0, 0.1) is 23.5 Å². The minimum Gasteiger partial charge on any atom is -0.378 e. The van der Waals surface area contributed by atoms with Gasteiger partial charge >= 0.3 is 0 Å². The molecule has 0 radical (unpaired) electrons. The lowest BCUT2D eigenvalue weighted by atomic mass is 9.81. The Labute approximate surface area is 215 Å². The molecule has 2 aliphatic carbocycles. The Balaban J connectivity index is 1.30. The van der Waals surface area contributed by atoms with Crippen molar-refractivity contribution in [3.63, 3.8) is 0 Å². The standard InChI is InChI=1S/C32H41F3O/c1-3-5-7-26-13-10-23(20-30(26)33)21-36-27-16-14-25(15-17-27)29-19-18-28(31(34)32(29)35)24-11-8-22(6-4-2)9-12-24/h8-9,11-12,18-20,23,25-27H,3-7,10,13-17,21H2,1-2H3. The number of aryl methyl sites for hydroxylation is 1. The molecule has 2 atom stereocenters. The Hall–Kier alpha value is -2.07. The molecule has 1 saturated carbocycles. The van der Waals surface area contributed by atoms with Crippen molar-refractivity contribution in [2.75, 3.05) is 6.61 Å². The van der Waals surface area contributed by atoms with Crippen molar-refractivity contribution < 1.29 is 17.9 Å². The molecule has 0 bridgehead atoms. The lowest BCUT2D eigenvalue weighted by molar-refractivity contribution is 0.00809. The van der Waals surface area contributed by atoms with Crippen molar-refractivity contribution in [1.29, 1.82) is 0 Å². The summed E-state index contributed by atoms with van der Waals surface area (Å²) in [6.45, 7) is 4.82. The largest absolute Gasteiger partial charge is 0.378 e. The van der Waals surface area contributed by atoms with Gasteiger partial charge in [0.1, 0.15) is 0 Å². The molecule has 2 unspecified atom stereocenters. The predicted octanol–water partition coefficient (Wildman–Crippen LogP) is 9.70. The molecule has 0 heterocycles. The van der Waals surface area contributed by atoms with Crippen molar-refractivity contribution in [1.82, 2.24) is 0 Å². The van der Waals surface area contributed by atoms with E-state index in [1.807, 2.05) is 24.3 Å². The van der Waals surface area contributed by atoms with Crippen LogP contribution in [0.15, 0.2) is 48.3 Å². The second-order valence-electron chi connectivity index (χ2n) is 10.8. The number of halogens is 3. The van der Waals surface area contributed by atoms with E-state index < -0.39 is 11.6 Å². The second-order valence-corrected chi connectivity index (χ2v) is 10.8. The summed E-state index contributed by atoms with van der Waals surface area (Å²) >= 11 is 0. The summed E-state index contributed by atoms with van der Waals surface area (Å²) in [5.41, 5.74) is 2.71. The van der Waals surface area contributed by atoms with Crippen LogP contribution in [-0.2, 0) is 11.2 Å². The van der Waals surface area contributed by atoms with Crippen LogP contribution in [0.4, 0.5) is 13.2 Å². The topological polar surface area (TPSA) is 9.23 Å². The van der Waals surface area contributed by atoms with Crippen molar-refractivity contribution in [3.05, 3.63) is 71.1 Å². The van der Waals surface area contributed by atoms with Crippen LogP contribution < -0.4 is 0 Å². The number of unbranched alkanes of at least 4 members (excludes halogenated alkanes) is 1. The van der Waals surface area contributed by atoms with Gasteiger partial charge < -0.3 is 4.74 Å². The van der Waals surface area contributed by atoms with Crippen LogP contribution in [0.1, 0.15) is 95.1 Å². The maximum Gasteiger partial charge on any atom is 0.166 e. The van der Waals surface area contributed by atoms with E-state index in [1.54, 1.807) is 18.2 Å². The smallest absolute Gasteiger partial charge is 0.166 e. The van der Waals surface area contributed by atoms with Gasteiger partial charge in [-0.05, 0) is 80.1 Å². The van der Waals surface area contributed by atoms with E-state index in [0.717, 1.165) is 70.6 Å². The zero-order valence-electron chi connectivity index (χ0n) is 21.9. The van der Waals surface area contributed by atoms with Gasteiger partial charge in [-0.25, -0.2) is 13.2 Å². The molecule has 2 aromatic rings. The molecule has 4 heteroatoms. The lowest BCUT2D eigenvalue weighted by Crippen LogP contribution is -2.25. The number of hydrogen-bond acceptors (Lipinski definition) is 1. The van der Waals surface area contributed by atoms with Crippen LogP contribution in [0.5, 0.6) is 0 Å². The molecule has 2 aliphatic rings. The zero-order valence-corrected chi connectivity index (χ0v) is 21.9. The fourth-order valence-corrected chi connectivity index (χ4v) is 5.90. The molecule has 1 fully saturated rings. The fraction of sp³-hybridized carbons (Fsp3) is 0.562. The average molecular weight is 499 g/mol. The van der Waals surface area contributed by atoms with Crippen molar-refractivity contribution in [2.24, 2.45) is 11.8 Å². The maximum atomic E-state index is 15.1. The van der Waals surface area contributed by atoms with Crippen LogP contribution in [0.3, 0.4) is 0 Å². The number of rotatable bonds is 10. The van der Waals surface area contributed by atoms with Gasteiger partial charge in [-0.1, -0.05) is 69.5 Å². The first kappa shape index (κ1) is 27.0. The van der Waals surface area contributed by atoms with Crippen LogP contribution >= 0.6 is 0 Å². The van der Waals surface area contributed by atoms with Crippen LogP contribution in [-0.4, -0.2) is 12.7 Å². The number of benzene rings is 2. The molecule has 2 aromatic carbocycles. The zero-order chi connectivity index (χ0) is 25.5. The monoisotopic (exact) mass is 498 g/mol. The fourth-order valence-electron chi connectivity index (χ4n) is 5.90. The van der Waals surface area contributed by atoms with Crippen LogP contribution in [0.25, 0.3) is 11.1 Å². The molecule has 1 nitrogen and oxygen atoms in total. The second kappa shape index (κ2) is 12.9. The molecule has 0 saturated heterocycles. The normalized spacial score (nSPS) is 24.5. The van der Waals surface area contributed by atoms with Gasteiger partial charge in [-0.3, -0.25) is 0 Å². The molecule has 0 N–H and O–H groups in total. The predicted molar refractivity (Wildman–Crippen MR) is 142 cm³/mol. The quantitative estimate of drug-likeness (QED) is 0.317. The molecule has 196 valence electrons. The van der Waals surface area contributed by atoms with Gasteiger partial charge in [0.25, 0.3) is 0 Å². The van der Waals surface area contributed by atoms with Crippen LogP contribution in [0.2, 0.25) is 0 Å². The average Bonchev–Trinajstić information content (AvgIpc) is 2.90. The maximum absolute atomic E-state index is 15.1. The highest BCUT2D eigenvalue weighted by atomic mass is 19.2. The third-order valence-corrected chi connectivity index (χ3v) is 8.15. The van der Waals surface area contributed by atoms with E-state index in [2.05, 4.69) is 13.8 Å². The van der Waals surface area contributed by atoms with E-state index in [4.69, 9.17) is 4.74 Å². The summed E-state index contributed by atoms with van der Waals surface area (Å²) in [6.07, 6.45) is 12.2. The molecular weight excluding hydrogens is 457 g/mol. The van der Waals surface area contributed by atoms with Gasteiger partial charge in [-0.15, -0.1) is 0 Å². The summed E-state index contributed by atoms with van der Waals surface area (Å²) in [5.74, 6) is -1.17. The highest BCUT2D eigenvalue weighted by Crippen LogP contribution is 2.39. The Morgan fingerprint density at radius 1 is 0.806 bits per heavy atom. The number of hydrogen-bond donors (Lipinski definition) is 0. The van der Waals surface area contributed by atoms with E-state index in [0.29, 0.717) is 23.3 Å². The first-order valence-corrected chi connectivity index (χ1v) is 14.1. The number of allylic oxidation sites excluding steroid dienone is 1. The van der Waals surface area contributed by atoms with Gasteiger partial charge in [0.15, 0.2) is 11.6 Å². The summed E-state index contributed by atoms with van der Waals surface area (Å²) in [6, 6.07) is 11.2. The molecular formula is C32H41F3O. The van der Waals surface area contributed by atoms with Gasteiger partial charge in [-0.2, -0.15) is 0 Å². The van der Waals surface area contributed by atoms with Crippen molar-refractivity contribution >= 4 is 0 Å². The first-order chi connectivity index (χ1) is 17.5. The minimum absolute atomic E-state index is 0.00618. The van der Waals surface area contributed by atoms with Crippen molar-refractivity contribution in [2.45, 2.75) is 96.5 Å². The van der Waals surface area contributed by atoms with Gasteiger partial charge in [0, 0.05) is 17.4 Å². The molecule has 4 rings (SSSR count). The minimum atomic E-state index is -0.752. The molecule has 0 amide bonds. The molecule has 36 heavy (non-hydrogen) atoms. The van der Waals surface area contributed by atoms with E-state index in [1.165, 1.54) is 5.56 Å². The Morgan fingerprint density at radius 3 is 2.22 bits per heavy atom. The Kier molecular flexibility index (Phi) is 9.70.